The molecule has 178 valence electrons. The standard InChI is InChI=1S/C22H22N6O3S2.ClH/c1-13-15(7-6-10-23-13)31-16-11-14(32-17-8-4-5-9-24-17)12-25-19(16)26-21-27-20(28-33-21)18(29)22(2,3)30;/h4-12,18,29-30H,1-3H3,(H,25,26,27,28);1H/t18-;/m0./s1. The second-order valence-corrected chi connectivity index (χ2v) is 9.46. The third-order valence-electron chi connectivity index (χ3n) is 4.45. The molecule has 0 aromatic carbocycles. The smallest absolute Gasteiger partial charge is 0.208 e. The number of halogens is 1. The van der Waals surface area contributed by atoms with Gasteiger partial charge in [-0.25, -0.2) is 15.0 Å². The zero-order valence-corrected chi connectivity index (χ0v) is 21.0. The largest absolute Gasteiger partial charge is 0.452 e. The third kappa shape index (κ3) is 6.39. The molecule has 1 atom stereocenters. The Balaban J connectivity index is 0.00000324. The van der Waals surface area contributed by atoms with Crippen molar-refractivity contribution in [2.24, 2.45) is 0 Å². The number of aromatic nitrogens is 5. The van der Waals surface area contributed by atoms with E-state index in [0.29, 0.717) is 22.4 Å². The quantitative estimate of drug-likeness (QED) is 0.295. The first-order valence-electron chi connectivity index (χ1n) is 9.99. The summed E-state index contributed by atoms with van der Waals surface area (Å²) in [5, 5.41) is 24.6. The normalized spacial score (nSPS) is 12.0. The van der Waals surface area contributed by atoms with Gasteiger partial charge < -0.3 is 20.3 Å². The number of nitrogens with one attached hydrogen (secondary N) is 1. The monoisotopic (exact) mass is 518 g/mol. The molecule has 0 bridgehead atoms. The second-order valence-electron chi connectivity index (χ2n) is 7.62. The SMILES string of the molecule is Cc1ncccc1Oc1cc(Sc2ccccn2)cnc1Nc1nc([C@H](O)C(C)(C)O)ns1.Cl. The molecule has 4 rings (SSSR count). The van der Waals surface area contributed by atoms with Crippen molar-refractivity contribution in [2.45, 2.75) is 42.4 Å². The van der Waals surface area contributed by atoms with Crippen LogP contribution in [0.15, 0.2) is 64.9 Å². The molecule has 0 aliphatic heterocycles. The first-order chi connectivity index (χ1) is 15.8. The Kier molecular flexibility index (Phi) is 8.39. The van der Waals surface area contributed by atoms with E-state index in [9.17, 15) is 10.2 Å². The molecule has 0 amide bonds. The van der Waals surface area contributed by atoms with Gasteiger partial charge in [-0.15, -0.1) is 12.4 Å². The van der Waals surface area contributed by atoms with Gasteiger partial charge in [0.15, 0.2) is 17.4 Å². The minimum atomic E-state index is -1.37. The average Bonchev–Trinajstić information content (AvgIpc) is 3.25. The molecule has 0 saturated carbocycles. The molecule has 9 nitrogen and oxygen atoms in total. The van der Waals surface area contributed by atoms with Crippen molar-refractivity contribution in [3.05, 3.63) is 66.5 Å². The van der Waals surface area contributed by atoms with Gasteiger partial charge >= 0.3 is 0 Å². The van der Waals surface area contributed by atoms with Crippen molar-refractivity contribution >= 4 is 46.7 Å². The molecule has 4 aromatic heterocycles. The molecule has 4 aromatic rings. The Morgan fingerprint density at radius 3 is 2.59 bits per heavy atom. The van der Waals surface area contributed by atoms with Gasteiger partial charge in [-0.05, 0) is 45.0 Å². The van der Waals surface area contributed by atoms with Gasteiger partial charge in [-0.1, -0.05) is 17.8 Å². The van der Waals surface area contributed by atoms with Crippen LogP contribution in [0.1, 0.15) is 31.5 Å². The van der Waals surface area contributed by atoms with Crippen LogP contribution in [-0.4, -0.2) is 40.1 Å². The Labute approximate surface area is 211 Å². The van der Waals surface area contributed by atoms with Crippen LogP contribution in [-0.2, 0) is 0 Å². The zero-order valence-electron chi connectivity index (χ0n) is 18.5. The molecule has 0 unspecified atom stereocenters. The van der Waals surface area contributed by atoms with E-state index < -0.39 is 11.7 Å². The molecule has 4 heterocycles. The van der Waals surface area contributed by atoms with E-state index in [1.54, 1.807) is 24.7 Å². The van der Waals surface area contributed by atoms with Crippen LogP contribution in [0.2, 0.25) is 0 Å². The first-order valence-corrected chi connectivity index (χ1v) is 11.6. The highest BCUT2D eigenvalue weighted by Crippen LogP contribution is 2.36. The fraction of sp³-hybridized carbons (Fsp3) is 0.227. The maximum absolute atomic E-state index is 10.2. The van der Waals surface area contributed by atoms with Crippen molar-refractivity contribution in [3.8, 4) is 11.5 Å². The highest BCUT2D eigenvalue weighted by atomic mass is 35.5. The van der Waals surface area contributed by atoms with E-state index in [-0.39, 0.29) is 18.2 Å². The van der Waals surface area contributed by atoms with Crippen molar-refractivity contribution < 1.29 is 14.9 Å². The van der Waals surface area contributed by atoms with Crippen LogP contribution < -0.4 is 10.1 Å². The van der Waals surface area contributed by atoms with Gasteiger partial charge in [0, 0.05) is 41.1 Å². The lowest BCUT2D eigenvalue weighted by atomic mass is 10.0. The van der Waals surface area contributed by atoms with Gasteiger partial charge in [0.05, 0.1) is 11.3 Å². The number of aliphatic hydroxyl groups excluding tert-OH is 1. The number of anilines is 2. The summed E-state index contributed by atoms with van der Waals surface area (Å²) in [6.07, 6.45) is 3.92. The predicted molar refractivity (Wildman–Crippen MR) is 133 cm³/mol. The molecule has 12 heteroatoms. The fourth-order valence-electron chi connectivity index (χ4n) is 2.69. The van der Waals surface area contributed by atoms with Crippen LogP contribution in [0.4, 0.5) is 10.9 Å². The van der Waals surface area contributed by atoms with Crippen LogP contribution in [0, 0.1) is 6.92 Å². The van der Waals surface area contributed by atoms with Crippen molar-refractivity contribution in [1.29, 1.82) is 0 Å². The van der Waals surface area contributed by atoms with Crippen LogP contribution in [0.3, 0.4) is 0 Å². The minimum absolute atomic E-state index is 0. The maximum atomic E-state index is 10.2. The van der Waals surface area contributed by atoms with E-state index >= 15 is 0 Å². The summed E-state index contributed by atoms with van der Waals surface area (Å²) in [4.78, 5) is 18.3. The Morgan fingerprint density at radius 1 is 1.09 bits per heavy atom. The van der Waals surface area contributed by atoms with Crippen LogP contribution in [0.25, 0.3) is 0 Å². The van der Waals surface area contributed by atoms with E-state index in [0.717, 1.165) is 27.1 Å². The summed E-state index contributed by atoms with van der Waals surface area (Å²) in [6.45, 7) is 4.85. The highest BCUT2D eigenvalue weighted by Gasteiger charge is 2.30. The van der Waals surface area contributed by atoms with E-state index in [1.807, 2.05) is 37.3 Å². The molecule has 0 spiro atoms. The second kappa shape index (κ2) is 11.1. The third-order valence-corrected chi connectivity index (χ3v) is 6.00. The Morgan fingerprint density at radius 2 is 1.88 bits per heavy atom. The lowest BCUT2D eigenvalue weighted by Crippen LogP contribution is -2.29. The zero-order chi connectivity index (χ0) is 23.4. The molecule has 0 aliphatic carbocycles. The number of nitrogens with zero attached hydrogens (tertiary/aromatic N) is 5. The summed E-state index contributed by atoms with van der Waals surface area (Å²) < 4.78 is 10.3. The van der Waals surface area contributed by atoms with E-state index in [2.05, 4.69) is 29.6 Å². The van der Waals surface area contributed by atoms with Gasteiger partial charge in [0.25, 0.3) is 0 Å². The van der Waals surface area contributed by atoms with E-state index in [1.165, 1.54) is 25.6 Å². The number of hydrogen-bond donors (Lipinski definition) is 3. The summed E-state index contributed by atoms with van der Waals surface area (Å²) in [7, 11) is 0. The van der Waals surface area contributed by atoms with Gasteiger partial charge in [0.2, 0.25) is 5.13 Å². The predicted octanol–water partition coefficient (Wildman–Crippen LogP) is 4.94. The Hall–Kier alpha value is -2.83. The topological polar surface area (TPSA) is 126 Å². The molecular weight excluding hydrogens is 496 g/mol. The van der Waals surface area contributed by atoms with Crippen LogP contribution in [0.5, 0.6) is 11.5 Å². The molecule has 34 heavy (non-hydrogen) atoms. The van der Waals surface area contributed by atoms with Crippen LogP contribution >= 0.6 is 35.7 Å². The number of hydrogen-bond acceptors (Lipinski definition) is 11. The maximum Gasteiger partial charge on any atom is 0.208 e. The van der Waals surface area contributed by atoms with Gasteiger partial charge in [-0.2, -0.15) is 4.37 Å². The number of pyridine rings is 3. The summed E-state index contributed by atoms with van der Waals surface area (Å²) in [5.74, 6) is 1.61. The first kappa shape index (κ1) is 25.8. The molecule has 3 N–H and O–H groups in total. The summed E-state index contributed by atoms with van der Waals surface area (Å²) >= 11 is 2.51. The molecular formula is C22H23ClN6O3S2. The number of aryl methyl sites for hydroxylation is 1. The fourth-order valence-corrected chi connectivity index (χ4v) is 4.06. The molecule has 0 fully saturated rings. The molecule has 0 saturated heterocycles. The van der Waals surface area contributed by atoms with Crippen molar-refractivity contribution in [2.75, 3.05) is 5.32 Å². The minimum Gasteiger partial charge on any atom is -0.452 e. The number of ether oxygens (including phenoxy) is 1. The van der Waals surface area contributed by atoms with Gasteiger partial charge in [-0.3, -0.25) is 4.98 Å². The molecule has 0 aliphatic rings. The van der Waals surface area contributed by atoms with E-state index in [4.69, 9.17) is 4.74 Å². The van der Waals surface area contributed by atoms with Gasteiger partial charge in [0.1, 0.15) is 16.9 Å². The number of aliphatic hydroxyl groups is 2. The average molecular weight is 519 g/mol. The molecule has 0 radical (unpaired) electrons. The Bertz CT molecular complexity index is 1240. The summed E-state index contributed by atoms with van der Waals surface area (Å²) in [5.41, 5.74) is -0.634. The highest BCUT2D eigenvalue weighted by molar-refractivity contribution is 7.99. The van der Waals surface area contributed by atoms with Crippen molar-refractivity contribution in [1.82, 2.24) is 24.3 Å². The number of rotatable bonds is 8. The van der Waals surface area contributed by atoms with Crippen molar-refractivity contribution in [3.63, 3.8) is 0 Å². The lowest BCUT2D eigenvalue weighted by Gasteiger charge is -2.21. The summed E-state index contributed by atoms with van der Waals surface area (Å²) in [6, 6.07) is 11.2. The lowest BCUT2D eigenvalue weighted by molar-refractivity contribution is -0.0533.